The molecular weight excluding hydrogens is 317 g/mol. The fourth-order valence-corrected chi connectivity index (χ4v) is 2.42. The second kappa shape index (κ2) is 6.39. The zero-order valence-corrected chi connectivity index (χ0v) is 13.5. The van der Waals surface area contributed by atoms with Gasteiger partial charge in [0.05, 0.1) is 5.56 Å². The van der Waals surface area contributed by atoms with Gasteiger partial charge in [-0.1, -0.05) is 0 Å². The molecule has 1 saturated carbocycles. The highest BCUT2D eigenvalue weighted by Crippen LogP contribution is 2.34. The van der Waals surface area contributed by atoms with Crippen molar-refractivity contribution in [3.8, 4) is 0 Å². The summed E-state index contributed by atoms with van der Waals surface area (Å²) in [5.41, 5.74) is 1.12. The predicted molar refractivity (Wildman–Crippen MR) is 86.1 cm³/mol. The normalized spacial score (nSPS) is 16.0. The fourth-order valence-electron chi connectivity index (χ4n) is 2.42. The number of aryl methyl sites for hydroxylation is 1. The van der Waals surface area contributed by atoms with Crippen LogP contribution in [0.15, 0.2) is 30.6 Å². The smallest absolute Gasteiger partial charge is 0.324 e. The van der Waals surface area contributed by atoms with E-state index in [1.165, 1.54) is 6.07 Å². The van der Waals surface area contributed by atoms with Gasteiger partial charge < -0.3 is 10.6 Å². The van der Waals surface area contributed by atoms with E-state index in [0.29, 0.717) is 17.3 Å². The highest BCUT2D eigenvalue weighted by atomic mass is 19.4. The number of nitrogens with zero attached hydrogens (tertiary/aromatic N) is 2. The Hall–Kier alpha value is -2.15. The van der Waals surface area contributed by atoms with Gasteiger partial charge in [0.2, 0.25) is 5.95 Å². The van der Waals surface area contributed by atoms with E-state index in [1.807, 2.05) is 13.8 Å². The third-order valence-corrected chi connectivity index (χ3v) is 3.88. The van der Waals surface area contributed by atoms with Crippen LogP contribution < -0.4 is 10.6 Å². The average Bonchev–Trinajstić information content (AvgIpc) is 3.32. The minimum atomic E-state index is -4.40. The second-order valence-corrected chi connectivity index (χ2v) is 6.21. The maximum atomic E-state index is 13.2. The van der Waals surface area contributed by atoms with Crippen molar-refractivity contribution in [3.05, 3.63) is 47.3 Å². The van der Waals surface area contributed by atoms with Crippen LogP contribution in [0.1, 0.15) is 42.5 Å². The van der Waals surface area contributed by atoms with E-state index < -0.39 is 11.7 Å². The number of benzene rings is 1. The predicted octanol–water partition coefficient (Wildman–Crippen LogP) is 4.36. The third-order valence-electron chi connectivity index (χ3n) is 3.88. The summed E-state index contributed by atoms with van der Waals surface area (Å²) < 4.78 is 39.6. The van der Waals surface area contributed by atoms with Gasteiger partial charge in [-0.15, -0.1) is 0 Å². The molecule has 7 heteroatoms. The van der Waals surface area contributed by atoms with E-state index in [2.05, 4.69) is 20.6 Å². The van der Waals surface area contributed by atoms with Crippen molar-refractivity contribution in [1.29, 1.82) is 0 Å². The van der Waals surface area contributed by atoms with Crippen LogP contribution in [0.3, 0.4) is 0 Å². The lowest BCUT2D eigenvalue weighted by molar-refractivity contribution is -0.137. The van der Waals surface area contributed by atoms with Crippen molar-refractivity contribution in [2.24, 2.45) is 0 Å². The summed E-state index contributed by atoms with van der Waals surface area (Å²) in [6.45, 7) is 3.72. The molecular formula is C17H19F3N4. The minimum Gasteiger partial charge on any atom is -0.324 e. The van der Waals surface area contributed by atoms with Crippen LogP contribution in [0.4, 0.5) is 24.8 Å². The number of anilines is 2. The molecule has 24 heavy (non-hydrogen) atoms. The Balaban J connectivity index is 1.89. The molecule has 1 aliphatic rings. The Bertz CT molecular complexity index is 709. The number of nitrogens with one attached hydrogen (secondary N) is 2. The Morgan fingerprint density at radius 1 is 1.12 bits per heavy atom. The molecule has 128 valence electrons. The molecule has 1 unspecified atom stereocenters. The van der Waals surface area contributed by atoms with Gasteiger partial charge in [-0.2, -0.15) is 13.2 Å². The molecule has 0 aliphatic heterocycles. The fraction of sp³-hybridized carbons (Fsp3) is 0.412. The zero-order chi connectivity index (χ0) is 17.3. The van der Waals surface area contributed by atoms with Gasteiger partial charge in [0.15, 0.2) is 0 Å². The summed E-state index contributed by atoms with van der Waals surface area (Å²) >= 11 is 0. The molecule has 0 radical (unpaired) electrons. The number of halogens is 3. The molecule has 1 atom stereocenters. The number of alkyl halides is 3. The molecule has 2 N–H and O–H groups in total. The molecule has 0 saturated heterocycles. The van der Waals surface area contributed by atoms with Gasteiger partial charge in [0.25, 0.3) is 0 Å². The molecule has 1 aliphatic carbocycles. The van der Waals surface area contributed by atoms with Gasteiger partial charge in [-0.05, 0) is 56.0 Å². The molecule has 2 aromatic rings. The topological polar surface area (TPSA) is 49.8 Å². The first-order chi connectivity index (χ1) is 11.3. The molecule has 3 rings (SSSR count). The maximum absolute atomic E-state index is 13.2. The molecule has 0 bridgehead atoms. The lowest BCUT2D eigenvalue weighted by Crippen LogP contribution is -2.21. The standard InChI is InChI=1S/C17H19F3N4/c1-10-8-21-16(22-9-10)24-15-6-12(11(2)23-14-3-4-14)5-13(7-15)17(18,19)20/h5-9,11,14,23H,3-4H2,1-2H3,(H,21,22,24). The van der Waals surface area contributed by atoms with E-state index in [-0.39, 0.29) is 12.0 Å². The highest BCUT2D eigenvalue weighted by molar-refractivity contribution is 5.57. The van der Waals surface area contributed by atoms with Crippen LogP contribution in [0, 0.1) is 6.92 Å². The summed E-state index contributed by atoms with van der Waals surface area (Å²) in [5.74, 6) is 0.272. The zero-order valence-electron chi connectivity index (χ0n) is 13.5. The molecule has 4 nitrogen and oxygen atoms in total. The van der Waals surface area contributed by atoms with Crippen LogP contribution in [-0.4, -0.2) is 16.0 Å². The van der Waals surface area contributed by atoms with Gasteiger partial charge >= 0.3 is 6.18 Å². The van der Waals surface area contributed by atoms with Crippen molar-refractivity contribution in [3.63, 3.8) is 0 Å². The third kappa shape index (κ3) is 4.23. The first kappa shape index (κ1) is 16.7. The van der Waals surface area contributed by atoms with Gasteiger partial charge in [0.1, 0.15) is 0 Å². The van der Waals surface area contributed by atoms with Crippen LogP contribution in [0.25, 0.3) is 0 Å². The molecule has 1 heterocycles. The van der Waals surface area contributed by atoms with E-state index in [1.54, 1.807) is 18.5 Å². The summed E-state index contributed by atoms with van der Waals surface area (Å²) in [4.78, 5) is 8.16. The number of rotatable bonds is 5. The molecule has 0 spiro atoms. The molecule has 1 aromatic carbocycles. The Morgan fingerprint density at radius 2 is 1.79 bits per heavy atom. The van der Waals surface area contributed by atoms with Gasteiger partial charge in [-0.3, -0.25) is 0 Å². The largest absolute Gasteiger partial charge is 0.416 e. The lowest BCUT2D eigenvalue weighted by atomic mass is 10.0. The summed E-state index contributed by atoms with van der Waals surface area (Å²) in [5, 5.41) is 6.18. The van der Waals surface area contributed by atoms with Crippen LogP contribution in [0.5, 0.6) is 0 Å². The van der Waals surface area contributed by atoms with Crippen LogP contribution in [-0.2, 0) is 6.18 Å². The Morgan fingerprint density at radius 3 is 2.38 bits per heavy atom. The number of aromatic nitrogens is 2. The second-order valence-electron chi connectivity index (χ2n) is 6.21. The SMILES string of the molecule is Cc1cnc(Nc2cc(C(C)NC3CC3)cc(C(F)(F)F)c2)nc1. The first-order valence-corrected chi connectivity index (χ1v) is 7.85. The maximum Gasteiger partial charge on any atom is 0.416 e. The quantitative estimate of drug-likeness (QED) is 0.852. The molecule has 1 aromatic heterocycles. The molecule has 0 amide bonds. The monoisotopic (exact) mass is 336 g/mol. The van der Waals surface area contributed by atoms with Crippen LogP contribution >= 0.6 is 0 Å². The Labute approximate surface area is 138 Å². The lowest BCUT2D eigenvalue weighted by Gasteiger charge is -2.18. The molecule has 1 fully saturated rings. The number of hydrogen-bond acceptors (Lipinski definition) is 4. The van der Waals surface area contributed by atoms with Crippen molar-refractivity contribution in [2.75, 3.05) is 5.32 Å². The summed E-state index contributed by atoms with van der Waals surface area (Å²) in [6.07, 6.45) is 0.972. The summed E-state index contributed by atoms with van der Waals surface area (Å²) in [7, 11) is 0. The van der Waals surface area contributed by atoms with Crippen molar-refractivity contribution in [2.45, 2.75) is 44.9 Å². The van der Waals surface area contributed by atoms with E-state index in [0.717, 1.165) is 24.5 Å². The highest BCUT2D eigenvalue weighted by Gasteiger charge is 2.32. The van der Waals surface area contributed by atoms with Gasteiger partial charge in [0, 0.05) is 30.2 Å². The van der Waals surface area contributed by atoms with E-state index >= 15 is 0 Å². The van der Waals surface area contributed by atoms with Crippen molar-refractivity contribution >= 4 is 11.6 Å². The number of hydrogen-bond donors (Lipinski definition) is 2. The van der Waals surface area contributed by atoms with Gasteiger partial charge in [-0.25, -0.2) is 9.97 Å². The minimum absolute atomic E-state index is 0.153. The van der Waals surface area contributed by atoms with E-state index in [4.69, 9.17) is 0 Å². The van der Waals surface area contributed by atoms with Crippen LogP contribution in [0.2, 0.25) is 0 Å². The van der Waals surface area contributed by atoms with Crippen molar-refractivity contribution in [1.82, 2.24) is 15.3 Å². The van der Waals surface area contributed by atoms with E-state index in [9.17, 15) is 13.2 Å². The average molecular weight is 336 g/mol. The first-order valence-electron chi connectivity index (χ1n) is 7.85. The Kier molecular flexibility index (Phi) is 4.45. The summed E-state index contributed by atoms with van der Waals surface area (Å²) in [6, 6.07) is 4.24. The van der Waals surface area contributed by atoms with Crippen molar-refractivity contribution < 1.29 is 13.2 Å².